The lowest BCUT2D eigenvalue weighted by Gasteiger charge is -2.02. The van der Waals surface area contributed by atoms with Crippen molar-refractivity contribution in [3.63, 3.8) is 0 Å². The van der Waals surface area contributed by atoms with Crippen LogP contribution in [-0.2, 0) is 6.42 Å². The molecule has 0 aliphatic heterocycles. The van der Waals surface area contributed by atoms with Gasteiger partial charge in [-0.2, -0.15) is 5.26 Å². The molecule has 1 nitrogen and oxygen atoms in total. The van der Waals surface area contributed by atoms with Crippen LogP contribution in [0.25, 0.3) is 0 Å². The van der Waals surface area contributed by atoms with Gasteiger partial charge in [0.1, 0.15) is 0 Å². The molecule has 0 saturated heterocycles. The minimum absolute atomic E-state index is 0.669. The zero-order valence-corrected chi connectivity index (χ0v) is 8.93. The van der Waals surface area contributed by atoms with Crippen LogP contribution in [0.1, 0.15) is 31.2 Å². The number of halogens is 1. The fraction of sp³-hybridized carbons (Fsp3) is 0.417. The molecule has 0 saturated carbocycles. The number of hydrogen-bond acceptors (Lipinski definition) is 1. The number of rotatable bonds is 5. The fourth-order valence-electron chi connectivity index (χ4n) is 1.40. The van der Waals surface area contributed by atoms with Gasteiger partial charge in [0, 0.05) is 11.4 Å². The maximum absolute atomic E-state index is 8.36. The molecule has 74 valence electrons. The van der Waals surface area contributed by atoms with E-state index in [0.29, 0.717) is 6.42 Å². The van der Waals surface area contributed by atoms with E-state index in [1.54, 1.807) is 0 Å². The van der Waals surface area contributed by atoms with E-state index < -0.39 is 0 Å². The van der Waals surface area contributed by atoms with E-state index in [4.69, 9.17) is 16.9 Å². The molecular weight excluding hydrogens is 194 g/mol. The minimum Gasteiger partial charge on any atom is -0.198 e. The highest BCUT2D eigenvalue weighted by Gasteiger charge is 1.97. The molecule has 0 unspecified atom stereocenters. The molecule has 1 aromatic carbocycles. The Morgan fingerprint density at radius 2 is 1.93 bits per heavy atom. The molecule has 14 heavy (non-hydrogen) atoms. The second-order valence-corrected chi connectivity index (χ2v) is 3.72. The van der Waals surface area contributed by atoms with Crippen LogP contribution in [0.3, 0.4) is 0 Å². The first kappa shape index (κ1) is 11.1. The highest BCUT2D eigenvalue weighted by atomic mass is 35.5. The Morgan fingerprint density at radius 1 is 1.14 bits per heavy atom. The maximum Gasteiger partial charge on any atom is 0.0621 e. The van der Waals surface area contributed by atoms with E-state index in [2.05, 4.69) is 12.1 Å². The predicted octanol–water partition coefficient (Wildman–Crippen LogP) is 3.97. The summed E-state index contributed by atoms with van der Waals surface area (Å²) in [6, 6.07) is 10.1. The third kappa shape index (κ3) is 3.81. The van der Waals surface area contributed by atoms with Crippen molar-refractivity contribution in [3.8, 4) is 6.07 Å². The van der Waals surface area contributed by atoms with Crippen LogP contribution in [0.4, 0.5) is 0 Å². The maximum atomic E-state index is 8.36. The van der Waals surface area contributed by atoms with Crippen LogP contribution in [0, 0.1) is 11.3 Å². The third-order valence-corrected chi connectivity index (χ3v) is 2.56. The van der Waals surface area contributed by atoms with Crippen LogP contribution >= 0.6 is 11.6 Å². The summed E-state index contributed by atoms with van der Waals surface area (Å²) < 4.78 is 0. The van der Waals surface area contributed by atoms with Gasteiger partial charge in [-0.25, -0.2) is 0 Å². The molecule has 0 aliphatic rings. The molecule has 0 radical (unpaired) electrons. The summed E-state index contributed by atoms with van der Waals surface area (Å²) in [5.41, 5.74) is 1.21. The first-order chi connectivity index (χ1) is 6.84. The number of nitrogens with zero attached hydrogens (tertiary/aromatic N) is 1. The molecule has 0 bridgehead atoms. The summed E-state index contributed by atoms with van der Waals surface area (Å²) in [6.45, 7) is 0. The molecule has 0 N–H and O–H groups in total. The molecule has 0 fully saturated rings. The Balaban J connectivity index is 2.25. The van der Waals surface area contributed by atoms with Gasteiger partial charge in [0.25, 0.3) is 0 Å². The molecule has 0 aromatic heterocycles. The lowest BCUT2D eigenvalue weighted by Crippen LogP contribution is -1.86. The van der Waals surface area contributed by atoms with Gasteiger partial charge in [-0.15, -0.1) is 0 Å². The van der Waals surface area contributed by atoms with E-state index in [-0.39, 0.29) is 0 Å². The van der Waals surface area contributed by atoms with Crippen LogP contribution in [-0.4, -0.2) is 0 Å². The highest BCUT2D eigenvalue weighted by Crippen LogP contribution is 2.17. The molecular formula is C12H14ClN. The fourth-order valence-corrected chi connectivity index (χ4v) is 1.63. The van der Waals surface area contributed by atoms with Crippen LogP contribution in [0.5, 0.6) is 0 Å². The molecule has 0 aliphatic carbocycles. The smallest absolute Gasteiger partial charge is 0.0621 e. The second-order valence-electron chi connectivity index (χ2n) is 3.31. The highest BCUT2D eigenvalue weighted by molar-refractivity contribution is 6.31. The predicted molar refractivity (Wildman–Crippen MR) is 59.2 cm³/mol. The van der Waals surface area contributed by atoms with E-state index in [0.717, 1.165) is 30.7 Å². The van der Waals surface area contributed by atoms with Gasteiger partial charge in [0.2, 0.25) is 0 Å². The number of aryl methyl sites for hydroxylation is 1. The Morgan fingerprint density at radius 3 is 2.64 bits per heavy atom. The van der Waals surface area contributed by atoms with Crippen molar-refractivity contribution in [1.82, 2.24) is 0 Å². The van der Waals surface area contributed by atoms with Crippen molar-refractivity contribution in [1.29, 1.82) is 5.26 Å². The molecule has 1 aromatic rings. The quantitative estimate of drug-likeness (QED) is 0.671. The van der Waals surface area contributed by atoms with Crippen molar-refractivity contribution in [3.05, 3.63) is 34.9 Å². The molecule has 2 heteroatoms. The largest absolute Gasteiger partial charge is 0.198 e. The summed E-state index contributed by atoms with van der Waals surface area (Å²) in [6.07, 6.45) is 4.92. The van der Waals surface area contributed by atoms with E-state index in [1.807, 2.05) is 18.2 Å². The number of hydrogen-bond donors (Lipinski definition) is 0. The van der Waals surface area contributed by atoms with Gasteiger partial charge in [-0.05, 0) is 30.9 Å². The second kappa shape index (κ2) is 6.45. The Kier molecular flexibility index (Phi) is 5.11. The SMILES string of the molecule is N#CCCCCCc1ccccc1Cl. The third-order valence-electron chi connectivity index (χ3n) is 2.19. The molecule has 0 heterocycles. The summed E-state index contributed by atoms with van der Waals surface area (Å²) in [7, 11) is 0. The van der Waals surface area contributed by atoms with E-state index in [1.165, 1.54) is 5.56 Å². The van der Waals surface area contributed by atoms with Gasteiger partial charge >= 0.3 is 0 Å². The van der Waals surface area contributed by atoms with Crippen LogP contribution in [0.15, 0.2) is 24.3 Å². The Bertz CT molecular complexity index is 314. The molecule has 1 rings (SSSR count). The van der Waals surface area contributed by atoms with Crippen molar-refractivity contribution in [2.75, 3.05) is 0 Å². The molecule has 0 spiro atoms. The first-order valence-corrected chi connectivity index (χ1v) is 5.33. The van der Waals surface area contributed by atoms with Gasteiger partial charge in [0.05, 0.1) is 6.07 Å². The average Bonchev–Trinajstić information content (AvgIpc) is 2.20. The first-order valence-electron chi connectivity index (χ1n) is 4.95. The van der Waals surface area contributed by atoms with Gasteiger partial charge < -0.3 is 0 Å². The number of nitriles is 1. The number of benzene rings is 1. The van der Waals surface area contributed by atoms with Crippen molar-refractivity contribution in [2.45, 2.75) is 32.1 Å². The van der Waals surface area contributed by atoms with Crippen molar-refractivity contribution < 1.29 is 0 Å². The summed E-state index contributed by atoms with van der Waals surface area (Å²) in [4.78, 5) is 0. The van der Waals surface area contributed by atoms with Crippen LogP contribution in [0.2, 0.25) is 5.02 Å². The van der Waals surface area contributed by atoms with Crippen molar-refractivity contribution >= 4 is 11.6 Å². The van der Waals surface area contributed by atoms with Gasteiger partial charge in [-0.1, -0.05) is 36.2 Å². The Hall–Kier alpha value is -1.00. The summed E-state index contributed by atoms with van der Waals surface area (Å²) in [5, 5.41) is 9.21. The van der Waals surface area contributed by atoms with E-state index >= 15 is 0 Å². The molecule has 0 amide bonds. The van der Waals surface area contributed by atoms with Crippen molar-refractivity contribution in [2.24, 2.45) is 0 Å². The average molecular weight is 208 g/mol. The Labute approximate surface area is 90.3 Å². The monoisotopic (exact) mass is 207 g/mol. The van der Waals surface area contributed by atoms with E-state index in [9.17, 15) is 0 Å². The standard InChI is InChI=1S/C12H14ClN/c13-12-9-5-4-8-11(12)7-3-1-2-6-10-14/h4-5,8-9H,1-3,6-7H2. The van der Waals surface area contributed by atoms with Crippen LogP contribution < -0.4 is 0 Å². The lowest BCUT2D eigenvalue weighted by molar-refractivity contribution is 0.690. The van der Waals surface area contributed by atoms with Gasteiger partial charge in [0.15, 0.2) is 0 Å². The molecule has 0 atom stereocenters. The minimum atomic E-state index is 0.669. The summed E-state index contributed by atoms with van der Waals surface area (Å²) >= 11 is 6.01. The topological polar surface area (TPSA) is 23.8 Å². The summed E-state index contributed by atoms with van der Waals surface area (Å²) in [5.74, 6) is 0. The lowest BCUT2D eigenvalue weighted by atomic mass is 10.1. The number of unbranched alkanes of at least 4 members (excludes halogenated alkanes) is 3. The zero-order chi connectivity index (χ0) is 10.2. The zero-order valence-electron chi connectivity index (χ0n) is 8.17. The van der Waals surface area contributed by atoms with Gasteiger partial charge in [-0.3, -0.25) is 0 Å². The normalized spacial score (nSPS) is 9.71.